The molecule has 0 atom stereocenters. The summed E-state index contributed by atoms with van der Waals surface area (Å²) < 4.78 is 5.18. The van der Waals surface area contributed by atoms with Crippen LogP contribution in [0.3, 0.4) is 0 Å². The molecule has 0 amide bonds. The molecule has 0 saturated carbocycles. The number of rotatable bonds is 5. The van der Waals surface area contributed by atoms with E-state index in [-0.39, 0.29) is 6.61 Å². The minimum absolute atomic E-state index is 0.159. The van der Waals surface area contributed by atoms with Crippen LogP contribution >= 0.6 is 0 Å². The number of methoxy groups -OCH3 is 1. The lowest BCUT2D eigenvalue weighted by Crippen LogP contribution is -1.90. The largest absolute Gasteiger partial charge is 0.497 e. The van der Waals surface area contributed by atoms with Crippen LogP contribution in [0.1, 0.15) is 17.5 Å². The monoisotopic (exact) mass is 254 g/mol. The summed E-state index contributed by atoms with van der Waals surface area (Å²) in [6.45, 7) is 0.159. The molecule has 0 unspecified atom stereocenters. The normalized spacial score (nSPS) is 11.4. The third kappa shape index (κ3) is 3.46. The summed E-state index contributed by atoms with van der Waals surface area (Å²) in [5, 5.41) is 9.03. The van der Waals surface area contributed by atoms with Gasteiger partial charge in [0.25, 0.3) is 0 Å². The van der Waals surface area contributed by atoms with E-state index in [1.807, 2.05) is 42.5 Å². The minimum atomic E-state index is 0.159. The van der Waals surface area contributed by atoms with Gasteiger partial charge in [-0.25, -0.2) is 0 Å². The van der Waals surface area contributed by atoms with Crippen molar-refractivity contribution in [1.29, 1.82) is 0 Å². The Labute approximate surface area is 114 Å². The molecule has 2 heteroatoms. The van der Waals surface area contributed by atoms with Crippen LogP contribution in [0.25, 0.3) is 5.57 Å². The van der Waals surface area contributed by atoms with Crippen LogP contribution in [0.5, 0.6) is 5.75 Å². The van der Waals surface area contributed by atoms with Crippen LogP contribution < -0.4 is 4.74 Å². The average Bonchev–Trinajstić information content (AvgIpc) is 2.49. The third-order valence-electron chi connectivity index (χ3n) is 2.96. The maximum atomic E-state index is 9.03. The topological polar surface area (TPSA) is 29.5 Å². The Morgan fingerprint density at radius 2 is 1.63 bits per heavy atom. The second-order valence-electron chi connectivity index (χ2n) is 4.22. The van der Waals surface area contributed by atoms with Gasteiger partial charge in [0.2, 0.25) is 0 Å². The molecule has 0 aliphatic heterocycles. The predicted octanol–water partition coefficient (Wildman–Crippen LogP) is 3.51. The van der Waals surface area contributed by atoms with Crippen molar-refractivity contribution < 1.29 is 9.84 Å². The van der Waals surface area contributed by atoms with E-state index in [4.69, 9.17) is 9.84 Å². The van der Waals surface area contributed by atoms with E-state index in [9.17, 15) is 0 Å². The lowest BCUT2D eigenvalue weighted by molar-refractivity contribution is 0.303. The molecule has 0 spiro atoms. The zero-order valence-corrected chi connectivity index (χ0v) is 11.0. The summed E-state index contributed by atoms with van der Waals surface area (Å²) >= 11 is 0. The Bertz CT molecular complexity index is 527. The molecule has 0 bridgehead atoms. The zero-order chi connectivity index (χ0) is 13.5. The van der Waals surface area contributed by atoms with Crippen molar-refractivity contribution in [1.82, 2.24) is 0 Å². The van der Waals surface area contributed by atoms with Gasteiger partial charge < -0.3 is 9.84 Å². The lowest BCUT2D eigenvalue weighted by atomic mass is 9.97. The summed E-state index contributed by atoms with van der Waals surface area (Å²) in [5.74, 6) is 0.846. The number of hydrogen-bond donors (Lipinski definition) is 1. The van der Waals surface area contributed by atoms with Gasteiger partial charge in [0.1, 0.15) is 5.75 Å². The first kappa shape index (κ1) is 13.4. The average molecular weight is 254 g/mol. The molecule has 19 heavy (non-hydrogen) atoms. The second-order valence-corrected chi connectivity index (χ2v) is 4.22. The van der Waals surface area contributed by atoms with E-state index in [0.717, 1.165) is 22.4 Å². The van der Waals surface area contributed by atoms with Crippen LogP contribution in [0, 0.1) is 0 Å². The Morgan fingerprint density at radius 3 is 2.21 bits per heavy atom. The SMILES string of the molecule is COc1ccc(/C(=C/CCO)c2ccccc2)cc1. The molecule has 0 aliphatic rings. The highest BCUT2D eigenvalue weighted by molar-refractivity contribution is 5.79. The molecule has 98 valence electrons. The molecular weight excluding hydrogens is 236 g/mol. The van der Waals surface area contributed by atoms with Crippen molar-refractivity contribution in [3.8, 4) is 5.75 Å². The van der Waals surface area contributed by atoms with E-state index in [0.29, 0.717) is 6.42 Å². The van der Waals surface area contributed by atoms with Gasteiger partial charge in [-0.3, -0.25) is 0 Å². The van der Waals surface area contributed by atoms with Crippen LogP contribution in [-0.2, 0) is 0 Å². The summed E-state index contributed by atoms with van der Waals surface area (Å²) in [6.07, 6.45) is 2.72. The van der Waals surface area contributed by atoms with Crippen LogP contribution in [0.15, 0.2) is 60.7 Å². The van der Waals surface area contributed by atoms with E-state index in [1.165, 1.54) is 0 Å². The van der Waals surface area contributed by atoms with Crippen molar-refractivity contribution in [2.24, 2.45) is 0 Å². The van der Waals surface area contributed by atoms with Crippen molar-refractivity contribution in [2.45, 2.75) is 6.42 Å². The van der Waals surface area contributed by atoms with Gasteiger partial charge in [-0.2, -0.15) is 0 Å². The number of benzene rings is 2. The molecule has 2 rings (SSSR count). The van der Waals surface area contributed by atoms with E-state index in [1.54, 1.807) is 7.11 Å². The van der Waals surface area contributed by atoms with Gasteiger partial charge in [-0.05, 0) is 35.3 Å². The summed E-state index contributed by atoms with van der Waals surface area (Å²) in [6, 6.07) is 18.2. The highest BCUT2D eigenvalue weighted by Gasteiger charge is 2.04. The molecule has 0 saturated heterocycles. The molecular formula is C17H18O2. The standard InChI is InChI=1S/C17H18O2/c1-19-16-11-9-15(10-12-16)17(8-5-13-18)14-6-3-2-4-7-14/h2-4,6-12,18H,5,13H2,1H3/b17-8+. The Hall–Kier alpha value is -2.06. The maximum Gasteiger partial charge on any atom is 0.118 e. The summed E-state index contributed by atoms with van der Waals surface area (Å²) in [5.41, 5.74) is 3.42. The van der Waals surface area contributed by atoms with Gasteiger partial charge in [-0.1, -0.05) is 48.5 Å². The summed E-state index contributed by atoms with van der Waals surface area (Å²) in [7, 11) is 1.66. The second kappa shape index (κ2) is 6.76. The Balaban J connectivity index is 2.37. The van der Waals surface area contributed by atoms with E-state index >= 15 is 0 Å². The number of aliphatic hydroxyl groups excluding tert-OH is 1. The molecule has 0 aromatic heterocycles. The molecule has 2 aromatic rings. The first-order valence-corrected chi connectivity index (χ1v) is 6.36. The molecule has 2 aromatic carbocycles. The fourth-order valence-corrected chi connectivity index (χ4v) is 2.00. The van der Waals surface area contributed by atoms with Crippen molar-refractivity contribution >= 4 is 5.57 Å². The van der Waals surface area contributed by atoms with Crippen LogP contribution in [0.2, 0.25) is 0 Å². The molecule has 2 nitrogen and oxygen atoms in total. The van der Waals surface area contributed by atoms with Crippen molar-refractivity contribution in [3.63, 3.8) is 0 Å². The predicted molar refractivity (Wildman–Crippen MR) is 78.2 cm³/mol. The lowest BCUT2D eigenvalue weighted by Gasteiger charge is -2.09. The molecule has 0 fully saturated rings. The molecule has 0 aliphatic carbocycles. The Morgan fingerprint density at radius 1 is 1.00 bits per heavy atom. The highest BCUT2D eigenvalue weighted by atomic mass is 16.5. The Kier molecular flexibility index (Phi) is 4.76. The fraction of sp³-hybridized carbons (Fsp3) is 0.176. The zero-order valence-electron chi connectivity index (χ0n) is 11.0. The van der Waals surface area contributed by atoms with Gasteiger partial charge >= 0.3 is 0 Å². The third-order valence-corrected chi connectivity index (χ3v) is 2.96. The maximum absolute atomic E-state index is 9.03. The quantitative estimate of drug-likeness (QED) is 0.884. The fourth-order valence-electron chi connectivity index (χ4n) is 2.00. The molecule has 0 heterocycles. The van der Waals surface area contributed by atoms with Crippen LogP contribution in [-0.4, -0.2) is 18.8 Å². The molecule has 1 N–H and O–H groups in total. The first-order chi connectivity index (χ1) is 9.35. The smallest absolute Gasteiger partial charge is 0.118 e. The number of ether oxygens (including phenoxy) is 1. The van der Waals surface area contributed by atoms with E-state index < -0.39 is 0 Å². The van der Waals surface area contributed by atoms with Gasteiger partial charge in [0.05, 0.1) is 7.11 Å². The van der Waals surface area contributed by atoms with Gasteiger partial charge in [0, 0.05) is 6.61 Å². The van der Waals surface area contributed by atoms with Gasteiger partial charge in [-0.15, -0.1) is 0 Å². The van der Waals surface area contributed by atoms with Crippen molar-refractivity contribution in [3.05, 3.63) is 71.8 Å². The number of aliphatic hydroxyl groups is 1. The highest BCUT2D eigenvalue weighted by Crippen LogP contribution is 2.25. The molecule has 0 radical (unpaired) electrons. The van der Waals surface area contributed by atoms with Crippen molar-refractivity contribution in [2.75, 3.05) is 13.7 Å². The van der Waals surface area contributed by atoms with E-state index in [2.05, 4.69) is 18.2 Å². The summed E-state index contributed by atoms with van der Waals surface area (Å²) in [4.78, 5) is 0. The minimum Gasteiger partial charge on any atom is -0.497 e. The first-order valence-electron chi connectivity index (χ1n) is 6.36. The van der Waals surface area contributed by atoms with Gasteiger partial charge in [0.15, 0.2) is 0 Å². The van der Waals surface area contributed by atoms with Crippen LogP contribution in [0.4, 0.5) is 0 Å². The number of hydrogen-bond acceptors (Lipinski definition) is 2.